The van der Waals surface area contributed by atoms with E-state index < -0.39 is 11.9 Å². The molecule has 1 amide bonds. The Kier molecular flexibility index (Phi) is 4.41. The van der Waals surface area contributed by atoms with Crippen molar-refractivity contribution in [3.63, 3.8) is 0 Å². The molecule has 2 N–H and O–H groups in total. The van der Waals surface area contributed by atoms with E-state index in [-0.39, 0.29) is 18.0 Å². The Labute approximate surface area is 137 Å². The highest BCUT2D eigenvalue weighted by Crippen LogP contribution is 2.30. The van der Waals surface area contributed by atoms with Crippen LogP contribution in [-0.4, -0.2) is 17.6 Å². The van der Waals surface area contributed by atoms with Crippen LogP contribution in [0.2, 0.25) is 0 Å². The Morgan fingerprint density at radius 2 is 1.91 bits per heavy atom. The zero-order chi connectivity index (χ0) is 16.4. The Morgan fingerprint density at radius 3 is 2.65 bits per heavy atom. The molecule has 0 fully saturated rings. The molecule has 0 aliphatic rings. The van der Waals surface area contributed by atoms with E-state index >= 15 is 0 Å². The molecule has 118 valence electrons. The van der Waals surface area contributed by atoms with Gasteiger partial charge in [0.1, 0.15) is 5.82 Å². The molecule has 0 radical (unpaired) electrons. The standard InChI is InChI=1S/C18H16FNO2S/c1-11-12-6-3-5-9-16(12)23-17(11)18(22)20-10-15(21)13-7-2-4-8-14(13)19/h2-9,15,21H,10H2,1H3,(H,20,22). The van der Waals surface area contributed by atoms with Crippen LogP contribution in [0.5, 0.6) is 0 Å². The van der Waals surface area contributed by atoms with Crippen LogP contribution in [0.15, 0.2) is 48.5 Å². The van der Waals surface area contributed by atoms with E-state index in [0.717, 1.165) is 15.6 Å². The van der Waals surface area contributed by atoms with E-state index in [2.05, 4.69) is 5.32 Å². The number of aliphatic hydroxyl groups is 1. The lowest BCUT2D eigenvalue weighted by Crippen LogP contribution is -2.28. The third-order valence-electron chi connectivity index (χ3n) is 3.77. The molecule has 0 spiro atoms. The van der Waals surface area contributed by atoms with Gasteiger partial charge in [0.2, 0.25) is 0 Å². The molecule has 3 nitrogen and oxygen atoms in total. The highest BCUT2D eigenvalue weighted by atomic mass is 32.1. The van der Waals surface area contributed by atoms with Crippen molar-refractivity contribution in [3.8, 4) is 0 Å². The summed E-state index contributed by atoms with van der Waals surface area (Å²) in [4.78, 5) is 13.0. The minimum absolute atomic E-state index is 0.0343. The first kappa shape index (κ1) is 15.6. The molecule has 0 aliphatic heterocycles. The molecule has 5 heteroatoms. The fourth-order valence-corrected chi connectivity index (χ4v) is 3.64. The quantitative estimate of drug-likeness (QED) is 0.765. The van der Waals surface area contributed by atoms with E-state index in [9.17, 15) is 14.3 Å². The maximum Gasteiger partial charge on any atom is 0.261 e. The first-order chi connectivity index (χ1) is 11.1. The summed E-state index contributed by atoms with van der Waals surface area (Å²) >= 11 is 1.41. The number of hydrogen-bond acceptors (Lipinski definition) is 3. The van der Waals surface area contributed by atoms with Gasteiger partial charge in [0.15, 0.2) is 0 Å². The average Bonchev–Trinajstić information content (AvgIpc) is 2.90. The molecule has 0 saturated heterocycles. The van der Waals surface area contributed by atoms with Crippen molar-refractivity contribution in [2.75, 3.05) is 6.54 Å². The maximum absolute atomic E-state index is 13.6. The molecule has 2 aromatic carbocycles. The summed E-state index contributed by atoms with van der Waals surface area (Å²) in [7, 11) is 0. The first-order valence-electron chi connectivity index (χ1n) is 7.26. The Hall–Kier alpha value is -2.24. The molecule has 1 atom stereocenters. The second-order valence-corrected chi connectivity index (χ2v) is 6.35. The summed E-state index contributed by atoms with van der Waals surface area (Å²) < 4.78 is 14.7. The normalized spacial score (nSPS) is 12.3. The van der Waals surface area contributed by atoms with Gasteiger partial charge in [-0.15, -0.1) is 11.3 Å². The zero-order valence-electron chi connectivity index (χ0n) is 12.5. The summed E-state index contributed by atoms with van der Waals surface area (Å²) in [6.07, 6.45) is -1.07. The molecule has 1 unspecified atom stereocenters. The number of benzene rings is 2. The van der Waals surface area contributed by atoms with Gasteiger partial charge in [0, 0.05) is 16.8 Å². The van der Waals surface area contributed by atoms with Gasteiger partial charge in [-0.1, -0.05) is 36.4 Å². The fraction of sp³-hybridized carbons (Fsp3) is 0.167. The lowest BCUT2D eigenvalue weighted by molar-refractivity contribution is 0.0917. The van der Waals surface area contributed by atoms with Gasteiger partial charge >= 0.3 is 0 Å². The largest absolute Gasteiger partial charge is 0.386 e. The van der Waals surface area contributed by atoms with Gasteiger partial charge in [-0.3, -0.25) is 4.79 Å². The highest BCUT2D eigenvalue weighted by Gasteiger charge is 2.17. The second-order valence-electron chi connectivity index (χ2n) is 5.30. The average molecular weight is 329 g/mol. The number of amides is 1. The molecular weight excluding hydrogens is 313 g/mol. The van der Waals surface area contributed by atoms with E-state index in [4.69, 9.17) is 0 Å². The molecule has 0 aliphatic carbocycles. The van der Waals surface area contributed by atoms with Crippen molar-refractivity contribution in [1.82, 2.24) is 5.32 Å². The number of thiophene rings is 1. The smallest absolute Gasteiger partial charge is 0.261 e. The third kappa shape index (κ3) is 3.11. The van der Waals surface area contributed by atoms with Gasteiger partial charge < -0.3 is 10.4 Å². The monoisotopic (exact) mass is 329 g/mol. The van der Waals surface area contributed by atoms with Gasteiger partial charge in [-0.05, 0) is 30.0 Å². The summed E-state index contributed by atoms with van der Waals surface area (Å²) in [5.41, 5.74) is 1.10. The maximum atomic E-state index is 13.6. The van der Waals surface area contributed by atoms with E-state index in [0.29, 0.717) is 4.88 Å². The minimum atomic E-state index is -1.07. The van der Waals surface area contributed by atoms with Crippen LogP contribution in [0.4, 0.5) is 4.39 Å². The minimum Gasteiger partial charge on any atom is -0.386 e. The summed E-state index contributed by atoms with van der Waals surface area (Å²) in [5, 5.41) is 13.8. The Balaban J connectivity index is 1.74. The van der Waals surface area contributed by atoms with Crippen LogP contribution in [0.3, 0.4) is 0 Å². The zero-order valence-corrected chi connectivity index (χ0v) is 13.4. The number of rotatable bonds is 4. The van der Waals surface area contributed by atoms with Crippen LogP contribution in [-0.2, 0) is 0 Å². The van der Waals surface area contributed by atoms with Gasteiger partial charge in [0.25, 0.3) is 5.91 Å². The number of halogens is 1. The molecule has 3 rings (SSSR count). The Bertz CT molecular complexity index is 859. The van der Waals surface area contributed by atoms with Crippen molar-refractivity contribution in [2.45, 2.75) is 13.0 Å². The number of carbonyl (C=O) groups excluding carboxylic acids is 1. The van der Waals surface area contributed by atoms with E-state index in [1.54, 1.807) is 12.1 Å². The number of aliphatic hydroxyl groups excluding tert-OH is 1. The summed E-state index contributed by atoms with van der Waals surface area (Å²) in [5.74, 6) is -0.730. The van der Waals surface area contributed by atoms with Crippen molar-refractivity contribution >= 4 is 27.3 Å². The molecule has 0 bridgehead atoms. The number of carbonyl (C=O) groups is 1. The summed E-state index contributed by atoms with van der Waals surface area (Å²) in [6, 6.07) is 13.8. The van der Waals surface area contributed by atoms with Gasteiger partial charge in [-0.25, -0.2) is 4.39 Å². The number of nitrogens with one attached hydrogen (secondary N) is 1. The molecule has 3 aromatic rings. The van der Waals surface area contributed by atoms with Crippen molar-refractivity contribution in [2.24, 2.45) is 0 Å². The molecular formula is C18H16FNO2S. The van der Waals surface area contributed by atoms with Crippen molar-refractivity contribution in [1.29, 1.82) is 0 Å². The first-order valence-corrected chi connectivity index (χ1v) is 8.08. The van der Waals surface area contributed by atoms with Gasteiger partial charge in [-0.2, -0.15) is 0 Å². The molecule has 23 heavy (non-hydrogen) atoms. The highest BCUT2D eigenvalue weighted by molar-refractivity contribution is 7.21. The number of fused-ring (bicyclic) bond motifs is 1. The predicted molar refractivity (Wildman–Crippen MR) is 90.3 cm³/mol. The van der Waals surface area contributed by atoms with E-state index in [1.807, 2.05) is 31.2 Å². The summed E-state index contributed by atoms with van der Waals surface area (Å²) in [6.45, 7) is 1.87. The Morgan fingerprint density at radius 1 is 1.22 bits per heavy atom. The van der Waals surface area contributed by atoms with Crippen LogP contribution in [0.25, 0.3) is 10.1 Å². The van der Waals surface area contributed by atoms with Crippen LogP contribution in [0.1, 0.15) is 26.9 Å². The predicted octanol–water partition coefficient (Wildman–Crippen LogP) is 3.81. The SMILES string of the molecule is Cc1c(C(=O)NCC(O)c2ccccc2F)sc2ccccc12. The van der Waals surface area contributed by atoms with Crippen molar-refractivity contribution in [3.05, 3.63) is 70.4 Å². The molecule has 0 saturated carbocycles. The van der Waals surface area contributed by atoms with Gasteiger partial charge in [0.05, 0.1) is 11.0 Å². The van der Waals surface area contributed by atoms with Crippen LogP contribution < -0.4 is 5.32 Å². The van der Waals surface area contributed by atoms with Crippen molar-refractivity contribution < 1.29 is 14.3 Å². The van der Waals surface area contributed by atoms with Crippen LogP contribution >= 0.6 is 11.3 Å². The lowest BCUT2D eigenvalue weighted by atomic mass is 10.1. The van der Waals surface area contributed by atoms with E-state index in [1.165, 1.54) is 23.5 Å². The second kappa shape index (κ2) is 6.48. The topological polar surface area (TPSA) is 49.3 Å². The molecule has 1 aromatic heterocycles. The van der Waals surface area contributed by atoms with Crippen LogP contribution in [0, 0.1) is 12.7 Å². The molecule has 1 heterocycles. The number of aryl methyl sites for hydroxylation is 1. The number of hydrogen-bond donors (Lipinski definition) is 2. The lowest BCUT2D eigenvalue weighted by Gasteiger charge is -2.12. The third-order valence-corrected chi connectivity index (χ3v) is 5.04. The fourth-order valence-electron chi connectivity index (χ4n) is 2.52.